The van der Waals surface area contributed by atoms with Gasteiger partial charge in [-0.25, -0.2) is 4.98 Å². The van der Waals surface area contributed by atoms with Crippen LogP contribution in [0.25, 0.3) is 0 Å². The average molecular weight is 467 g/mol. The monoisotopic (exact) mass is 466 g/mol. The molecule has 4 N–H and O–H groups in total. The van der Waals surface area contributed by atoms with Crippen molar-refractivity contribution < 1.29 is 19.1 Å². The summed E-state index contributed by atoms with van der Waals surface area (Å²) in [6.45, 7) is 3.25. The van der Waals surface area contributed by atoms with Crippen LogP contribution in [0.1, 0.15) is 47.4 Å². The Morgan fingerprint density at radius 1 is 1.00 bits per heavy atom. The molecule has 0 bridgehead atoms. The summed E-state index contributed by atoms with van der Waals surface area (Å²) < 4.78 is 5.14. The van der Waals surface area contributed by atoms with Crippen LogP contribution in [-0.2, 0) is 9.59 Å². The summed E-state index contributed by atoms with van der Waals surface area (Å²) >= 11 is 1.14. The lowest BCUT2D eigenvalue weighted by Crippen LogP contribution is -2.49. The highest BCUT2D eigenvalue weighted by Gasteiger charge is 2.30. The number of amides is 2. The average Bonchev–Trinajstić information content (AvgIpc) is 3.31. The summed E-state index contributed by atoms with van der Waals surface area (Å²) in [5, 5.41) is 7.36. The van der Waals surface area contributed by atoms with Gasteiger partial charge in [0.25, 0.3) is 0 Å². The van der Waals surface area contributed by atoms with E-state index in [-0.39, 0.29) is 22.5 Å². The SMILES string of the molecule is COc1ccc(C(N)C(=O)N[C@H](C(=O)Nc2nc(C(C)=O)cs2)[C@@H](C)c2ccccc2)cc1. The second-order valence-electron chi connectivity index (χ2n) is 7.52. The fourth-order valence-electron chi connectivity index (χ4n) is 3.25. The van der Waals surface area contributed by atoms with Gasteiger partial charge in [0.05, 0.1) is 7.11 Å². The lowest BCUT2D eigenvalue weighted by Gasteiger charge is -2.26. The minimum absolute atomic E-state index is 0.195. The van der Waals surface area contributed by atoms with Crippen LogP contribution in [0.2, 0.25) is 0 Å². The molecular formula is C24H26N4O4S. The maximum absolute atomic E-state index is 13.2. The number of carbonyl (C=O) groups is 3. The Balaban J connectivity index is 1.81. The maximum Gasteiger partial charge on any atom is 0.249 e. The first-order valence-electron chi connectivity index (χ1n) is 10.3. The summed E-state index contributed by atoms with van der Waals surface area (Å²) in [5.74, 6) is -0.849. The van der Waals surface area contributed by atoms with Crippen LogP contribution in [0.15, 0.2) is 60.0 Å². The van der Waals surface area contributed by atoms with Gasteiger partial charge in [0, 0.05) is 18.2 Å². The highest BCUT2D eigenvalue weighted by molar-refractivity contribution is 7.14. The van der Waals surface area contributed by atoms with Crippen LogP contribution in [0, 0.1) is 0 Å². The van der Waals surface area contributed by atoms with Crippen LogP contribution in [0.3, 0.4) is 0 Å². The molecule has 0 saturated carbocycles. The van der Waals surface area contributed by atoms with Gasteiger partial charge in [-0.3, -0.25) is 14.4 Å². The number of ketones is 1. The van der Waals surface area contributed by atoms with E-state index in [1.807, 2.05) is 37.3 Å². The second-order valence-corrected chi connectivity index (χ2v) is 8.38. The predicted octanol–water partition coefficient (Wildman–Crippen LogP) is 3.28. The Hall–Kier alpha value is -3.56. The number of hydrogen-bond acceptors (Lipinski definition) is 7. The standard InChI is InChI=1S/C24H26N4O4S/c1-14(16-7-5-4-6-8-16)21(23(31)28-24-26-19(13-33-24)15(2)29)27-22(30)20(25)17-9-11-18(32-3)12-10-17/h4-14,20-21H,25H2,1-3H3,(H,27,30)(H,26,28,31)/t14-,20?,21-/m0/s1. The van der Waals surface area contributed by atoms with Gasteiger partial charge in [-0.15, -0.1) is 11.3 Å². The zero-order valence-corrected chi connectivity index (χ0v) is 19.4. The van der Waals surface area contributed by atoms with Crippen LogP contribution in [0.4, 0.5) is 5.13 Å². The van der Waals surface area contributed by atoms with E-state index in [0.29, 0.717) is 11.3 Å². The first-order chi connectivity index (χ1) is 15.8. The Bertz CT molecular complexity index is 1120. The number of anilines is 1. The minimum atomic E-state index is -0.974. The zero-order chi connectivity index (χ0) is 24.0. The third-order valence-corrected chi connectivity index (χ3v) is 6.02. The summed E-state index contributed by atoms with van der Waals surface area (Å²) in [6.07, 6.45) is 0. The maximum atomic E-state index is 13.2. The van der Waals surface area contributed by atoms with Gasteiger partial charge < -0.3 is 21.1 Å². The van der Waals surface area contributed by atoms with Gasteiger partial charge in [-0.2, -0.15) is 0 Å². The van der Waals surface area contributed by atoms with Crippen molar-refractivity contribution >= 4 is 34.1 Å². The van der Waals surface area contributed by atoms with Crippen molar-refractivity contribution in [2.75, 3.05) is 12.4 Å². The molecule has 2 amide bonds. The van der Waals surface area contributed by atoms with E-state index in [1.54, 1.807) is 36.8 Å². The molecule has 2 aromatic carbocycles. The number of methoxy groups -OCH3 is 1. The van der Waals surface area contributed by atoms with Crippen LogP contribution < -0.4 is 21.1 Å². The molecule has 0 aliphatic rings. The highest BCUT2D eigenvalue weighted by Crippen LogP contribution is 2.23. The van der Waals surface area contributed by atoms with Gasteiger partial charge >= 0.3 is 0 Å². The number of nitrogens with zero attached hydrogens (tertiary/aromatic N) is 1. The van der Waals surface area contributed by atoms with E-state index in [1.165, 1.54) is 6.92 Å². The number of benzene rings is 2. The molecular weight excluding hydrogens is 440 g/mol. The van der Waals surface area contributed by atoms with E-state index in [9.17, 15) is 14.4 Å². The molecule has 3 aromatic rings. The first kappa shape index (κ1) is 24.1. The number of hydrogen-bond donors (Lipinski definition) is 3. The smallest absolute Gasteiger partial charge is 0.249 e. The molecule has 1 unspecified atom stereocenters. The van der Waals surface area contributed by atoms with Crippen LogP contribution in [0.5, 0.6) is 5.75 Å². The third kappa shape index (κ3) is 6.03. The van der Waals surface area contributed by atoms with Gasteiger partial charge in [-0.05, 0) is 23.3 Å². The first-order valence-corrected chi connectivity index (χ1v) is 11.2. The topological polar surface area (TPSA) is 123 Å². The summed E-state index contributed by atoms with van der Waals surface area (Å²) in [7, 11) is 1.55. The van der Waals surface area contributed by atoms with E-state index >= 15 is 0 Å². The van der Waals surface area contributed by atoms with Crippen LogP contribution in [-0.4, -0.2) is 35.7 Å². The quantitative estimate of drug-likeness (QED) is 0.416. The molecule has 8 nitrogen and oxygen atoms in total. The van der Waals surface area contributed by atoms with E-state index in [4.69, 9.17) is 10.5 Å². The van der Waals surface area contributed by atoms with Crippen molar-refractivity contribution in [2.45, 2.75) is 31.8 Å². The third-order valence-electron chi connectivity index (χ3n) is 5.26. The molecule has 0 radical (unpaired) electrons. The van der Waals surface area contributed by atoms with Crippen molar-refractivity contribution in [1.82, 2.24) is 10.3 Å². The number of nitrogens with one attached hydrogen (secondary N) is 2. The Labute approximate surface area is 196 Å². The number of rotatable bonds is 9. The molecule has 0 aliphatic carbocycles. The molecule has 3 rings (SSSR count). The lowest BCUT2D eigenvalue weighted by atomic mass is 9.92. The van der Waals surface area contributed by atoms with Crippen molar-refractivity contribution in [3.63, 3.8) is 0 Å². The fourth-order valence-corrected chi connectivity index (χ4v) is 4.00. The molecule has 0 spiro atoms. The molecule has 1 aromatic heterocycles. The van der Waals surface area contributed by atoms with E-state index < -0.39 is 23.9 Å². The van der Waals surface area contributed by atoms with Crippen molar-refractivity contribution in [2.24, 2.45) is 5.73 Å². The molecule has 1 heterocycles. The molecule has 33 heavy (non-hydrogen) atoms. The van der Waals surface area contributed by atoms with Crippen molar-refractivity contribution in [1.29, 1.82) is 0 Å². The van der Waals surface area contributed by atoms with E-state index in [0.717, 1.165) is 16.9 Å². The molecule has 0 saturated heterocycles. The molecule has 172 valence electrons. The van der Waals surface area contributed by atoms with E-state index in [2.05, 4.69) is 15.6 Å². The molecule has 0 fully saturated rings. The normalized spacial score (nSPS) is 13.5. The Morgan fingerprint density at radius 2 is 1.67 bits per heavy atom. The van der Waals surface area contributed by atoms with Gasteiger partial charge in [-0.1, -0.05) is 49.4 Å². The second kappa shape index (κ2) is 10.8. The number of carbonyl (C=O) groups excluding carboxylic acids is 3. The van der Waals surface area contributed by atoms with Gasteiger partial charge in [0.2, 0.25) is 11.8 Å². The lowest BCUT2D eigenvalue weighted by molar-refractivity contribution is -0.127. The fraction of sp³-hybridized carbons (Fsp3) is 0.250. The zero-order valence-electron chi connectivity index (χ0n) is 18.6. The van der Waals surface area contributed by atoms with Gasteiger partial charge in [0.15, 0.2) is 10.9 Å². The van der Waals surface area contributed by atoms with Crippen LogP contribution >= 0.6 is 11.3 Å². The number of nitrogens with two attached hydrogens (primary N) is 1. The number of thiazole rings is 1. The largest absolute Gasteiger partial charge is 0.497 e. The summed E-state index contributed by atoms with van der Waals surface area (Å²) in [4.78, 5) is 41.8. The highest BCUT2D eigenvalue weighted by atomic mass is 32.1. The molecule has 0 aliphatic heterocycles. The van der Waals surface area contributed by atoms with Crippen molar-refractivity contribution in [3.05, 3.63) is 76.8 Å². The predicted molar refractivity (Wildman–Crippen MR) is 127 cm³/mol. The molecule has 3 atom stereocenters. The van der Waals surface area contributed by atoms with Crippen molar-refractivity contribution in [3.8, 4) is 5.75 Å². The van der Waals surface area contributed by atoms with Gasteiger partial charge in [0.1, 0.15) is 23.5 Å². The number of ether oxygens (including phenoxy) is 1. The minimum Gasteiger partial charge on any atom is -0.497 e. The Kier molecular flexibility index (Phi) is 7.92. The number of aromatic nitrogens is 1. The summed E-state index contributed by atoms with van der Waals surface area (Å²) in [5.41, 5.74) is 7.91. The summed E-state index contributed by atoms with van der Waals surface area (Å²) in [6, 6.07) is 14.3. The molecule has 9 heteroatoms. The number of Topliss-reactive ketones (excluding diaryl/α,β-unsaturated/α-hetero) is 1. The Morgan fingerprint density at radius 3 is 2.24 bits per heavy atom.